The van der Waals surface area contributed by atoms with Crippen molar-refractivity contribution in [3.8, 4) is 17.2 Å². The van der Waals surface area contributed by atoms with Crippen LogP contribution >= 0.6 is 0 Å². The molecule has 0 aliphatic carbocycles. The Hall–Kier alpha value is -3.92. The van der Waals surface area contributed by atoms with E-state index in [2.05, 4.69) is 82.5 Å². The van der Waals surface area contributed by atoms with Crippen LogP contribution in [0, 0.1) is 17.8 Å². The van der Waals surface area contributed by atoms with Crippen LogP contribution in [0.1, 0.15) is 135 Å². The maximum absolute atomic E-state index is 6.32. The molecule has 0 spiro atoms. The number of nitrogens with zero attached hydrogens (tertiary/aromatic N) is 6. The van der Waals surface area contributed by atoms with E-state index in [4.69, 9.17) is 14.2 Å². The summed E-state index contributed by atoms with van der Waals surface area (Å²) in [6.07, 6.45) is 14.0. The van der Waals surface area contributed by atoms with E-state index >= 15 is 0 Å². The molecule has 0 aromatic heterocycles. The molecule has 3 rings (SSSR count). The van der Waals surface area contributed by atoms with Gasteiger partial charge in [-0.05, 0) is 55.2 Å². The summed E-state index contributed by atoms with van der Waals surface area (Å²) in [6, 6.07) is 24.0. The molecule has 0 saturated carbocycles. The van der Waals surface area contributed by atoms with Gasteiger partial charge in [0.2, 0.25) is 0 Å². The minimum absolute atomic E-state index is 0.291. The third-order valence-corrected chi connectivity index (χ3v) is 10.6. The number of rotatable bonds is 30. The van der Waals surface area contributed by atoms with E-state index in [-0.39, 0.29) is 0 Å². The highest BCUT2D eigenvalue weighted by molar-refractivity contribution is 6.14. The van der Waals surface area contributed by atoms with Crippen molar-refractivity contribution in [3.63, 3.8) is 0 Å². The molecule has 0 aliphatic heterocycles. The van der Waals surface area contributed by atoms with Crippen LogP contribution in [-0.2, 0) is 19.6 Å². The van der Waals surface area contributed by atoms with Gasteiger partial charge in [0.25, 0.3) is 5.41 Å². The van der Waals surface area contributed by atoms with Crippen molar-refractivity contribution in [2.45, 2.75) is 144 Å². The number of ether oxygens (including phenoxy) is 3. The molecule has 0 bridgehead atoms. The van der Waals surface area contributed by atoms with Gasteiger partial charge in [-0.15, -0.1) is 15.3 Å². The van der Waals surface area contributed by atoms with Crippen LogP contribution in [0.5, 0.6) is 17.2 Å². The van der Waals surface area contributed by atoms with Crippen LogP contribution < -0.4 is 14.2 Å². The predicted octanol–water partition coefficient (Wildman–Crippen LogP) is 13.5. The first-order chi connectivity index (χ1) is 27.4. The molecule has 3 unspecified atom stereocenters. The first-order valence-electron chi connectivity index (χ1n) is 21.4. The van der Waals surface area contributed by atoms with Gasteiger partial charge in [0.05, 0.1) is 39.5 Å². The summed E-state index contributed by atoms with van der Waals surface area (Å²) < 4.78 is 19.0. The molecule has 0 saturated heterocycles. The minimum Gasteiger partial charge on any atom is -0.493 e. The van der Waals surface area contributed by atoms with Crippen molar-refractivity contribution < 1.29 is 14.2 Å². The molecule has 0 fully saturated rings. The maximum atomic E-state index is 6.32. The zero-order chi connectivity index (χ0) is 40.3. The van der Waals surface area contributed by atoms with Gasteiger partial charge in [-0.3, -0.25) is 0 Å². The van der Waals surface area contributed by atoms with E-state index < -0.39 is 5.41 Å². The number of azo groups is 3. The van der Waals surface area contributed by atoms with Crippen LogP contribution in [0.4, 0.5) is 0 Å². The molecule has 10 heteroatoms. The Morgan fingerprint density at radius 3 is 1.02 bits per heavy atom. The Morgan fingerprint density at radius 2 is 0.750 bits per heavy atom. The van der Waals surface area contributed by atoms with Crippen molar-refractivity contribution in [3.05, 3.63) is 89.5 Å². The molecule has 0 heterocycles. The second-order valence-corrected chi connectivity index (χ2v) is 15.5. The SMILES string of the molecule is CCCCC(CC)COc1ccccc1CN=NC([Si])(N=NCc1ccccc1OCC(CC)CCCC)N=NCc1ccccc1OCC(CC)CCCC. The zero-order valence-corrected chi connectivity index (χ0v) is 36.3. The van der Waals surface area contributed by atoms with Crippen LogP contribution in [0.3, 0.4) is 0 Å². The lowest BCUT2D eigenvalue weighted by atomic mass is 10.0. The van der Waals surface area contributed by atoms with Gasteiger partial charge in [0, 0.05) is 16.7 Å². The molecule has 0 N–H and O–H groups in total. The lowest BCUT2D eigenvalue weighted by Crippen LogP contribution is -2.19. The Balaban J connectivity index is 1.81. The smallest absolute Gasteiger partial charge is 0.270 e. The van der Waals surface area contributed by atoms with Gasteiger partial charge in [-0.25, -0.2) is 0 Å². The van der Waals surface area contributed by atoms with Gasteiger partial charge >= 0.3 is 0 Å². The molecule has 305 valence electrons. The molecule has 0 amide bonds. The molecule has 3 radical (unpaired) electrons. The highest BCUT2D eigenvalue weighted by atomic mass is 28.1. The Labute approximate surface area is 342 Å². The predicted molar refractivity (Wildman–Crippen MR) is 230 cm³/mol. The van der Waals surface area contributed by atoms with Crippen molar-refractivity contribution in [1.29, 1.82) is 0 Å². The van der Waals surface area contributed by atoms with Crippen LogP contribution in [0.25, 0.3) is 0 Å². The average Bonchev–Trinajstić information content (AvgIpc) is 3.22. The van der Waals surface area contributed by atoms with E-state index in [1.54, 1.807) is 0 Å². The summed E-state index contributed by atoms with van der Waals surface area (Å²) in [5, 5.41) is 27.3. The fourth-order valence-electron chi connectivity index (χ4n) is 6.33. The number of benzene rings is 3. The standard InChI is InChI=1S/C46H69N6O3Si/c1-7-13-22-37(10-4)34-53-43-28-19-16-25-40(43)31-47-50-46(56,51-48-32-41-26-17-20-29-44(41)54-35-38(11-5)23-14-8-2)52-49-33-42-27-18-21-30-45(42)55-36-39(12-6)24-15-9-3/h16-21,25-30,37-39H,7-15,22-24,31-36H2,1-6H3. The third kappa shape index (κ3) is 17.5. The molecule has 0 aliphatic rings. The number of para-hydroxylation sites is 3. The first-order valence-corrected chi connectivity index (χ1v) is 21.9. The van der Waals surface area contributed by atoms with Gasteiger partial charge < -0.3 is 14.2 Å². The minimum atomic E-state index is -1.56. The first kappa shape index (κ1) is 46.5. The van der Waals surface area contributed by atoms with Crippen LogP contribution in [-0.4, -0.2) is 35.5 Å². The molecule has 3 aromatic carbocycles. The molecule has 3 aromatic rings. The maximum Gasteiger partial charge on any atom is 0.270 e. The number of hydrogen-bond donors (Lipinski definition) is 0. The van der Waals surface area contributed by atoms with Crippen molar-refractivity contribution in [1.82, 2.24) is 0 Å². The summed E-state index contributed by atoms with van der Waals surface area (Å²) in [7, 11) is 3.70. The summed E-state index contributed by atoms with van der Waals surface area (Å²) in [5.74, 6) is 4.02. The second kappa shape index (κ2) is 27.6. The summed E-state index contributed by atoms with van der Waals surface area (Å²) in [6.45, 7) is 16.3. The fraction of sp³-hybridized carbons (Fsp3) is 0.609. The zero-order valence-electron chi connectivity index (χ0n) is 35.3. The largest absolute Gasteiger partial charge is 0.493 e. The lowest BCUT2D eigenvalue weighted by molar-refractivity contribution is 0.231. The quantitative estimate of drug-likeness (QED) is 0.0497. The van der Waals surface area contributed by atoms with Gasteiger partial charge in [0.15, 0.2) is 0 Å². The van der Waals surface area contributed by atoms with Gasteiger partial charge in [-0.2, -0.15) is 15.3 Å². The Bertz CT molecular complexity index is 1400. The van der Waals surface area contributed by atoms with Crippen molar-refractivity contribution in [2.24, 2.45) is 48.4 Å². The highest BCUT2D eigenvalue weighted by Crippen LogP contribution is 2.26. The number of unbranched alkanes of at least 4 members (excludes halogenated alkanes) is 3. The average molecular weight is 782 g/mol. The number of hydrogen-bond acceptors (Lipinski definition) is 9. The lowest BCUT2D eigenvalue weighted by Gasteiger charge is -2.17. The van der Waals surface area contributed by atoms with Crippen LogP contribution in [0.2, 0.25) is 0 Å². The van der Waals surface area contributed by atoms with E-state index in [0.717, 1.165) is 53.2 Å². The van der Waals surface area contributed by atoms with E-state index in [1.807, 2.05) is 72.8 Å². The van der Waals surface area contributed by atoms with Crippen molar-refractivity contribution in [2.75, 3.05) is 19.8 Å². The molecule has 9 nitrogen and oxygen atoms in total. The van der Waals surface area contributed by atoms with E-state index in [0.29, 0.717) is 57.2 Å². The topological polar surface area (TPSA) is 102 Å². The van der Waals surface area contributed by atoms with E-state index in [1.165, 1.54) is 57.8 Å². The molecule has 3 atom stereocenters. The van der Waals surface area contributed by atoms with E-state index in [9.17, 15) is 0 Å². The highest BCUT2D eigenvalue weighted by Gasteiger charge is 2.23. The fourth-order valence-corrected chi connectivity index (χ4v) is 6.55. The second-order valence-electron chi connectivity index (χ2n) is 14.8. The van der Waals surface area contributed by atoms with Crippen LogP contribution in [0.15, 0.2) is 103 Å². The third-order valence-electron chi connectivity index (χ3n) is 10.3. The molecular weight excluding hydrogens is 713 g/mol. The Morgan fingerprint density at radius 1 is 0.464 bits per heavy atom. The molecule has 56 heavy (non-hydrogen) atoms. The van der Waals surface area contributed by atoms with Crippen molar-refractivity contribution >= 4 is 10.2 Å². The van der Waals surface area contributed by atoms with Gasteiger partial charge in [-0.1, -0.05) is 154 Å². The summed E-state index contributed by atoms with van der Waals surface area (Å²) in [5.41, 5.74) is 1.26. The monoisotopic (exact) mass is 782 g/mol. The Kier molecular flexibility index (Phi) is 22.9. The van der Waals surface area contributed by atoms with Gasteiger partial charge in [0.1, 0.15) is 27.5 Å². The summed E-state index contributed by atoms with van der Waals surface area (Å²) >= 11 is 0. The summed E-state index contributed by atoms with van der Waals surface area (Å²) in [4.78, 5) is 0. The normalized spacial score (nSPS) is 14.6. The molecular formula is C46H69N6O3Si.